The summed E-state index contributed by atoms with van der Waals surface area (Å²) in [6.07, 6.45) is 3.59. The van der Waals surface area contributed by atoms with Gasteiger partial charge in [-0.05, 0) is 22.6 Å². The van der Waals surface area contributed by atoms with Crippen molar-refractivity contribution >= 4 is 44.0 Å². The van der Waals surface area contributed by atoms with E-state index in [9.17, 15) is 0 Å². The van der Waals surface area contributed by atoms with E-state index >= 15 is 0 Å². The van der Waals surface area contributed by atoms with Crippen LogP contribution in [0.4, 0.5) is 0 Å². The molecule has 2 heterocycles. The van der Waals surface area contributed by atoms with Gasteiger partial charge in [-0.15, -0.1) is 11.3 Å². The molecule has 0 aliphatic heterocycles. The van der Waals surface area contributed by atoms with Crippen molar-refractivity contribution in [3.63, 3.8) is 0 Å². The predicted octanol–water partition coefficient (Wildman–Crippen LogP) is 2.30. The van der Waals surface area contributed by atoms with Gasteiger partial charge in [0.15, 0.2) is 0 Å². The topological polar surface area (TPSA) is 25.8 Å². The first kappa shape index (κ1) is 6.48. The second-order valence-corrected chi connectivity index (χ2v) is 3.92. The Hall–Kier alpha value is -0.230. The average molecular weight is 262 g/mol. The minimum Gasteiger partial charge on any atom is -0.158 e. The zero-order valence-electron chi connectivity index (χ0n) is 4.91. The van der Waals surface area contributed by atoms with Crippen LogP contribution in [-0.4, -0.2) is 10.2 Å². The van der Waals surface area contributed by atoms with Gasteiger partial charge >= 0.3 is 0 Å². The summed E-state index contributed by atoms with van der Waals surface area (Å²) < 4.78 is 2.46. The normalized spacial score (nSPS) is 10.5. The van der Waals surface area contributed by atoms with E-state index in [1.54, 1.807) is 23.7 Å². The van der Waals surface area contributed by atoms with Gasteiger partial charge < -0.3 is 0 Å². The Kier molecular flexibility index (Phi) is 1.57. The summed E-state index contributed by atoms with van der Waals surface area (Å²) in [7, 11) is 0. The summed E-state index contributed by atoms with van der Waals surface area (Å²) in [5.41, 5.74) is 0. The van der Waals surface area contributed by atoms with Crippen LogP contribution in [0.3, 0.4) is 0 Å². The molecule has 0 bridgehead atoms. The molecule has 0 spiro atoms. The van der Waals surface area contributed by atoms with Crippen LogP contribution in [0.5, 0.6) is 0 Å². The molecule has 0 unspecified atom stereocenters. The predicted molar refractivity (Wildman–Crippen MR) is 50.1 cm³/mol. The van der Waals surface area contributed by atoms with Crippen molar-refractivity contribution in [1.82, 2.24) is 10.2 Å². The Balaban J connectivity index is 2.93. The maximum absolute atomic E-state index is 3.80. The summed E-state index contributed by atoms with van der Waals surface area (Å²) in [6, 6.07) is 0. The van der Waals surface area contributed by atoms with Gasteiger partial charge in [-0.3, -0.25) is 0 Å². The molecule has 0 saturated carbocycles. The summed E-state index contributed by atoms with van der Waals surface area (Å²) in [6.45, 7) is 0. The molecule has 2 nitrogen and oxygen atoms in total. The van der Waals surface area contributed by atoms with Crippen LogP contribution in [0.15, 0.2) is 17.8 Å². The van der Waals surface area contributed by atoms with Gasteiger partial charge in [-0.1, -0.05) is 0 Å². The van der Waals surface area contributed by atoms with Crippen molar-refractivity contribution in [2.45, 2.75) is 0 Å². The Morgan fingerprint density at radius 2 is 2.10 bits per heavy atom. The number of fused-ring (bicyclic) bond motifs is 1. The lowest BCUT2D eigenvalue weighted by Gasteiger charge is -1.83. The van der Waals surface area contributed by atoms with Crippen molar-refractivity contribution < 1.29 is 0 Å². The molecule has 0 saturated heterocycles. The first-order valence-corrected chi connectivity index (χ1v) is 4.67. The maximum Gasteiger partial charge on any atom is 0.0674 e. The molecule has 2 aromatic heterocycles. The van der Waals surface area contributed by atoms with E-state index in [1.807, 2.05) is 0 Å². The minimum atomic E-state index is 1.21. The number of hydrogen-bond acceptors (Lipinski definition) is 3. The van der Waals surface area contributed by atoms with Gasteiger partial charge in [0.1, 0.15) is 0 Å². The molecule has 0 N–H and O–H groups in total. The Morgan fingerprint density at radius 3 is 2.90 bits per heavy atom. The molecule has 10 heavy (non-hydrogen) atoms. The molecule has 0 amide bonds. The minimum absolute atomic E-state index is 1.21. The van der Waals surface area contributed by atoms with Crippen molar-refractivity contribution in [2.75, 3.05) is 0 Å². The lowest BCUT2D eigenvalue weighted by atomic mass is 10.4. The van der Waals surface area contributed by atoms with E-state index in [0.29, 0.717) is 0 Å². The Morgan fingerprint density at radius 1 is 1.30 bits per heavy atom. The van der Waals surface area contributed by atoms with Gasteiger partial charge in [0, 0.05) is 14.3 Å². The van der Waals surface area contributed by atoms with Crippen LogP contribution in [0.2, 0.25) is 0 Å². The number of rotatable bonds is 0. The molecule has 50 valence electrons. The van der Waals surface area contributed by atoms with E-state index in [-0.39, 0.29) is 0 Å². The quantitative estimate of drug-likeness (QED) is 0.681. The monoisotopic (exact) mass is 262 g/mol. The van der Waals surface area contributed by atoms with Crippen molar-refractivity contribution in [2.24, 2.45) is 0 Å². The second-order valence-electron chi connectivity index (χ2n) is 1.85. The van der Waals surface area contributed by atoms with Crippen molar-refractivity contribution in [1.29, 1.82) is 0 Å². The molecule has 0 aliphatic rings. The van der Waals surface area contributed by atoms with Crippen molar-refractivity contribution in [3.05, 3.63) is 21.3 Å². The third-order valence-corrected chi connectivity index (χ3v) is 3.49. The largest absolute Gasteiger partial charge is 0.158 e. The molecule has 4 heteroatoms. The molecule has 0 aliphatic carbocycles. The van der Waals surface area contributed by atoms with Crippen molar-refractivity contribution in [3.8, 4) is 0 Å². The first-order chi connectivity index (χ1) is 4.88. The number of halogens is 1. The summed E-state index contributed by atoms with van der Waals surface area (Å²) in [5, 5.41) is 10.9. The summed E-state index contributed by atoms with van der Waals surface area (Å²) in [4.78, 5) is 0. The highest BCUT2D eigenvalue weighted by molar-refractivity contribution is 14.1. The van der Waals surface area contributed by atoms with Gasteiger partial charge in [0.05, 0.1) is 17.1 Å². The van der Waals surface area contributed by atoms with Crippen LogP contribution in [0, 0.1) is 3.57 Å². The van der Waals surface area contributed by atoms with Gasteiger partial charge in [-0.2, -0.15) is 10.2 Å². The average Bonchev–Trinajstić information content (AvgIpc) is 2.34. The van der Waals surface area contributed by atoms with Crippen LogP contribution in [0.1, 0.15) is 0 Å². The fraction of sp³-hybridized carbons (Fsp3) is 0. The number of nitrogens with zero attached hydrogens (tertiary/aromatic N) is 2. The number of hydrogen-bond donors (Lipinski definition) is 0. The molecular weight excluding hydrogens is 259 g/mol. The van der Waals surface area contributed by atoms with Gasteiger partial charge in [0.25, 0.3) is 0 Å². The zero-order chi connectivity index (χ0) is 6.97. The third kappa shape index (κ3) is 0.911. The highest BCUT2D eigenvalue weighted by Gasteiger charge is 1.98. The van der Waals surface area contributed by atoms with E-state index in [1.165, 1.54) is 13.7 Å². The second kappa shape index (κ2) is 2.43. The lowest BCUT2D eigenvalue weighted by molar-refractivity contribution is 1.05. The van der Waals surface area contributed by atoms with Gasteiger partial charge in [0.2, 0.25) is 0 Å². The highest BCUT2D eigenvalue weighted by Crippen LogP contribution is 2.24. The Bertz CT molecular complexity index is 357. The molecule has 2 aromatic rings. The SMILES string of the molecule is Ic1csc2cnncc12. The highest BCUT2D eigenvalue weighted by atomic mass is 127. The molecule has 0 aromatic carbocycles. The van der Waals surface area contributed by atoms with E-state index in [0.717, 1.165) is 0 Å². The van der Waals surface area contributed by atoms with Crippen LogP contribution < -0.4 is 0 Å². The standard InChI is InChI=1S/C6H3IN2S/c7-5-3-10-6-2-9-8-1-4(5)6/h1-3H. The smallest absolute Gasteiger partial charge is 0.0674 e. The maximum atomic E-state index is 3.80. The molecular formula is C6H3IN2S. The van der Waals surface area contributed by atoms with E-state index in [4.69, 9.17) is 0 Å². The van der Waals surface area contributed by atoms with Gasteiger partial charge in [-0.25, -0.2) is 0 Å². The fourth-order valence-corrected chi connectivity index (χ4v) is 2.51. The van der Waals surface area contributed by atoms with Crippen LogP contribution >= 0.6 is 33.9 Å². The summed E-state index contributed by atoms with van der Waals surface area (Å²) >= 11 is 4.00. The van der Waals surface area contributed by atoms with E-state index < -0.39 is 0 Å². The number of aromatic nitrogens is 2. The number of thiophene rings is 1. The molecule has 0 atom stereocenters. The fourth-order valence-electron chi connectivity index (χ4n) is 0.762. The van der Waals surface area contributed by atoms with Crippen LogP contribution in [-0.2, 0) is 0 Å². The van der Waals surface area contributed by atoms with Crippen LogP contribution in [0.25, 0.3) is 10.1 Å². The third-order valence-electron chi connectivity index (χ3n) is 1.24. The lowest BCUT2D eigenvalue weighted by Crippen LogP contribution is -1.75. The Labute approximate surface area is 75.4 Å². The van der Waals surface area contributed by atoms with E-state index in [2.05, 4.69) is 38.2 Å². The molecule has 0 fully saturated rings. The molecule has 2 rings (SSSR count). The summed E-state index contributed by atoms with van der Waals surface area (Å²) in [5.74, 6) is 0. The zero-order valence-corrected chi connectivity index (χ0v) is 7.89. The molecule has 0 radical (unpaired) electrons. The first-order valence-electron chi connectivity index (χ1n) is 2.71.